The van der Waals surface area contributed by atoms with Gasteiger partial charge in [-0.15, -0.1) is 0 Å². The van der Waals surface area contributed by atoms with E-state index in [0.29, 0.717) is 0 Å². The molecule has 3 heteroatoms. The second kappa shape index (κ2) is 12.2. The predicted octanol–water partition coefficient (Wildman–Crippen LogP) is 4.19. The molecule has 0 aliphatic rings. The van der Waals surface area contributed by atoms with Crippen LogP contribution in [-0.2, 0) is 20.8 Å². The van der Waals surface area contributed by atoms with E-state index in [1.54, 1.807) is 0 Å². The summed E-state index contributed by atoms with van der Waals surface area (Å²) in [5, 5.41) is 0. The summed E-state index contributed by atoms with van der Waals surface area (Å²) in [7, 11) is 9.87. The molecule has 0 aliphatic carbocycles. The van der Waals surface area contributed by atoms with Crippen LogP contribution < -0.4 is 0 Å². The Balaban J connectivity index is 0.000000174. The van der Waals surface area contributed by atoms with E-state index in [1.807, 2.05) is 60.7 Å². The zero-order valence-corrected chi connectivity index (χ0v) is 11.0. The predicted molar refractivity (Wildman–Crippen MR) is 55.8 cm³/mol. The Hall–Kier alpha value is 0.163. The van der Waals surface area contributed by atoms with E-state index in [4.69, 9.17) is 17.0 Å². The molecule has 0 aromatic heterocycles. The average molecular weight is 292 g/mol. The largest absolute Gasteiger partial charge is 0.214 e. The monoisotopic (exact) mass is 290 g/mol. The first-order valence-electron chi connectivity index (χ1n) is 3.71. The van der Waals surface area contributed by atoms with Crippen molar-refractivity contribution in [1.82, 2.24) is 0 Å². The third kappa shape index (κ3) is 12.2. The topological polar surface area (TPSA) is 0 Å². The Bertz CT molecular complexity index is 165. The molecule has 0 spiro atoms. The van der Waals surface area contributed by atoms with E-state index in [2.05, 4.69) is 0 Å². The normalized spacial score (nSPS) is 7.23. The van der Waals surface area contributed by atoms with Crippen molar-refractivity contribution in [2.24, 2.45) is 0 Å². The van der Waals surface area contributed by atoms with Crippen LogP contribution in [0.5, 0.6) is 0 Å². The van der Waals surface area contributed by atoms with Gasteiger partial charge in [0.15, 0.2) is 0 Å². The van der Waals surface area contributed by atoms with Crippen LogP contribution in [0.1, 0.15) is 0 Å². The third-order valence-electron chi connectivity index (χ3n) is 1.11. The summed E-state index contributed by atoms with van der Waals surface area (Å²) in [5.41, 5.74) is 0. The molecule has 0 bridgehead atoms. The Morgan fingerprint density at radius 2 is 0.923 bits per heavy atom. The molecule has 0 aliphatic heterocycles. The Morgan fingerprint density at radius 1 is 0.692 bits per heavy atom. The van der Waals surface area contributed by atoms with Gasteiger partial charge in [0, 0.05) is 0 Å². The van der Waals surface area contributed by atoms with Crippen LogP contribution in [0.3, 0.4) is 0 Å². The zero-order chi connectivity index (χ0) is 9.78. The Kier molecular flexibility index (Phi) is 12.3. The average Bonchev–Trinajstić information content (AvgIpc) is 2.85. The van der Waals surface area contributed by atoms with E-state index in [9.17, 15) is 0 Å². The van der Waals surface area contributed by atoms with Crippen molar-refractivity contribution in [3.05, 3.63) is 60.7 Å². The second-order valence-electron chi connectivity index (χ2n) is 2.00. The number of rotatable bonds is 0. The Labute approximate surface area is 97.9 Å². The maximum Gasteiger partial charge on any atom is -0.172 e. The van der Waals surface area contributed by atoms with Crippen molar-refractivity contribution in [2.45, 2.75) is 0 Å². The molecule has 0 amide bonds. The molecule has 0 saturated carbocycles. The molecule has 70 valence electrons. The van der Waals surface area contributed by atoms with Crippen LogP contribution in [0, 0.1) is 0 Å². The van der Waals surface area contributed by atoms with Crippen LogP contribution in [0.2, 0.25) is 0 Å². The molecular weight excluding hydrogens is 282 g/mol. The molecule has 0 heterocycles. The molecule has 2 aromatic rings. The zero-order valence-electron chi connectivity index (χ0n) is 7.03. The van der Waals surface area contributed by atoms with Gasteiger partial charge >= 0.3 is 37.9 Å². The quantitative estimate of drug-likeness (QED) is 0.639. The molecule has 2 rings (SSSR count). The summed E-state index contributed by atoms with van der Waals surface area (Å²) in [6.07, 6.45) is 0. The van der Waals surface area contributed by atoms with Crippen molar-refractivity contribution in [3.63, 3.8) is 0 Å². The van der Waals surface area contributed by atoms with Crippen molar-refractivity contribution in [3.8, 4) is 0 Å². The Morgan fingerprint density at radius 3 is 1.00 bits per heavy atom. The van der Waals surface area contributed by atoms with Crippen LogP contribution in [0.25, 0.3) is 0 Å². The van der Waals surface area contributed by atoms with Gasteiger partial charge in [-0.05, 0) is 0 Å². The number of hydrogen-bond acceptors (Lipinski definition) is 0. The molecule has 0 nitrogen and oxygen atoms in total. The maximum atomic E-state index is 4.93. The van der Waals surface area contributed by atoms with E-state index in [-0.39, 0.29) is 0 Å². The van der Waals surface area contributed by atoms with E-state index in [1.165, 1.54) is 0 Å². The fourth-order valence-electron chi connectivity index (χ4n) is 0.642. The van der Waals surface area contributed by atoms with Gasteiger partial charge in [-0.3, -0.25) is 0 Å². The first kappa shape index (κ1) is 13.2. The van der Waals surface area contributed by atoms with E-state index >= 15 is 0 Å². The van der Waals surface area contributed by atoms with Crippen LogP contribution in [0.4, 0.5) is 0 Å². The minimum atomic E-state index is -0.826. The summed E-state index contributed by atoms with van der Waals surface area (Å²) in [5.74, 6) is 0. The third-order valence-corrected chi connectivity index (χ3v) is 1.11. The van der Waals surface area contributed by atoms with Gasteiger partial charge in [-0.1, -0.05) is 0 Å². The van der Waals surface area contributed by atoms with E-state index in [0.717, 1.165) is 0 Å². The fourth-order valence-corrected chi connectivity index (χ4v) is 0.642. The summed E-state index contributed by atoms with van der Waals surface area (Å²) in [6, 6.07) is 20.0. The molecule has 13 heavy (non-hydrogen) atoms. The van der Waals surface area contributed by atoms with Gasteiger partial charge in [0.2, 0.25) is 0 Å². The SMILES string of the molecule is [Cl][Zr][Cl].c1cc[cH-]c1.c1cc[cH-]c1. The molecule has 0 fully saturated rings. The van der Waals surface area contributed by atoms with Crippen molar-refractivity contribution < 1.29 is 20.8 Å². The molecule has 0 atom stereocenters. The fraction of sp³-hybridized carbons (Fsp3) is 0. The standard InChI is InChI=1S/2C5H5.2ClH.Zr/c2*1-2-4-5-3-1;;;/h2*1-5H;2*1H;/q2*-1;;;+2/p-2. The minimum absolute atomic E-state index is 0.826. The molecule has 0 radical (unpaired) electrons. The first-order valence-corrected chi connectivity index (χ1v) is 10.0. The van der Waals surface area contributed by atoms with Crippen LogP contribution in [0.15, 0.2) is 60.7 Å². The number of halogens is 2. The van der Waals surface area contributed by atoms with Crippen molar-refractivity contribution in [1.29, 1.82) is 0 Å². The van der Waals surface area contributed by atoms with E-state index < -0.39 is 20.8 Å². The summed E-state index contributed by atoms with van der Waals surface area (Å²) in [4.78, 5) is 0. The summed E-state index contributed by atoms with van der Waals surface area (Å²) < 4.78 is 0. The maximum absolute atomic E-state index is 4.93. The van der Waals surface area contributed by atoms with Gasteiger partial charge < -0.3 is 0 Å². The van der Waals surface area contributed by atoms with Crippen LogP contribution in [-0.4, -0.2) is 0 Å². The molecule has 0 saturated heterocycles. The summed E-state index contributed by atoms with van der Waals surface area (Å²) >= 11 is -0.826. The van der Waals surface area contributed by atoms with Crippen molar-refractivity contribution in [2.75, 3.05) is 0 Å². The van der Waals surface area contributed by atoms with Gasteiger partial charge in [-0.25, -0.2) is 24.3 Å². The van der Waals surface area contributed by atoms with Gasteiger partial charge in [0.05, 0.1) is 0 Å². The minimum Gasteiger partial charge on any atom is -0.214 e. The number of hydrogen-bond donors (Lipinski definition) is 0. The first-order chi connectivity index (χ1) is 6.41. The second-order valence-corrected chi connectivity index (χ2v) is 5.73. The summed E-state index contributed by atoms with van der Waals surface area (Å²) in [6.45, 7) is 0. The molecule has 0 unspecified atom stereocenters. The van der Waals surface area contributed by atoms with Crippen LogP contribution >= 0.6 is 17.0 Å². The van der Waals surface area contributed by atoms with Gasteiger partial charge in [0.25, 0.3) is 0 Å². The van der Waals surface area contributed by atoms with Gasteiger partial charge in [0.1, 0.15) is 0 Å². The van der Waals surface area contributed by atoms with Gasteiger partial charge in [-0.2, -0.15) is 36.4 Å². The van der Waals surface area contributed by atoms with Crippen molar-refractivity contribution >= 4 is 17.0 Å². The molecule has 0 N–H and O–H groups in total. The molecule has 2 aromatic carbocycles. The molecular formula is C10H10Cl2Zr-2. The smallest absolute Gasteiger partial charge is 0.172 e.